The van der Waals surface area contributed by atoms with E-state index in [0.29, 0.717) is 80.5 Å². The highest BCUT2D eigenvalue weighted by Crippen LogP contribution is 2.38. The van der Waals surface area contributed by atoms with Crippen LogP contribution >= 0.6 is 31.9 Å². The van der Waals surface area contributed by atoms with E-state index in [9.17, 15) is 29.4 Å². The fraction of sp³-hybridized carbons (Fsp3) is 0.290. The number of aromatic nitrogens is 4. The average Bonchev–Trinajstić information content (AvgIpc) is 3.82. The average molecular weight is 796 g/mol. The smallest absolute Gasteiger partial charge is 0.327 e. The molecule has 2 fully saturated rings. The molecule has 2 N–H and O–H groups in total. The molecule has 2 aromatic heterocycles. The zero-order chi connectivity index (χ0) is 33.7. The third-order valence-corrected chi connectivity index (χ3v) is 9.76. The summed E-state index contributed by atoms with van der Waals surface area (Å²) in [6, 6.07) is 5.32. The maximum absolute atomic E-state index is 12.6. The molecule has 2 saturated heterocycles. The number of hydrogen-bond acceptors (Lipinski definition) is 12. The lowest BCUT2D eigenvalue weighted by Gasteiger charge is -2.39. The van der Waals surface area contributed by atoms with Crippen LogP contribution in [0.15, 0.2) is 68.0 Å². The van der Waals surface area contributed by atoms with E-state index in [1.54, 1.807) is 63.8 Å². The molecule has 4 aliphatic rings. The van der Waals surface area contributed by atoms with Gasteiger partial charge in [0.25, 0.3) is 5.91 Å². The first kappa shape index (κ1) is 33.8. The van der Waals surface area contributed by atoms with E-state index in [4.69, 9.17) is 0 Å². The number of carbonyl (C=O) groups excluding carboxylic acids is 2. The van der Waals surface area contributed by atoms with E-state index in [-0.39, 0.29) is 32.1 Å². The van der Waals surface area contributed by atoms with Crippen molar-refractivity contribution < 1.29 is 29.4 Å². The Morgan fingerprint density at radius 2 is 1.27 bits per heavy atom. The number of hydrogen-bond donors (Lipinski definition) is 2. The van der Waals surface area contributed by atoms with Crippen LogP contribution in [0.3, 0.4) is 0 Å². The Morgan fingerprint density at radius 3 is 1.82 bits per heavy atom. The molecule has 2 aromatic carbocycles. The Hall–Kier alpha value is -5.10. The van der Waals surface area contributed by atoms with Crippen molar-refractivity contribution in [3.8, 4) is 0 Å². The highest BCUT2D eigenvalue weighted by atomic mass is 79.9. The Balaban J connectivity index is 0.000000167. The molecule has 0 bridgehead atoms. The molecular weight excluding hydrogens is 768 g/mol. The molecule has 16 nitrogen and oxygen atoms in total. The lowest BCUT2D eigenvalue weighted by atomic mass is 10.1. The first-order valence-electron chi connectivity index (χ1n) is 14.7. The lowest BCUT2D eigenvalue weighted by molar-refractivity contribution is -0.142. The Labute approximate surface area is 295 Å². The lowest BCUT2D eigenvalue weighted by Crippen LogP contribution is -2.59. The predicted molar refractivity (Wildman–Crippen MR) is 186 cm³/mol. The van der Waals surface area contributed by atoms with Crippen molar-refractivity contribution in [2.24, 2.45) is 9.98 Å². The Morgan fingerprint density at radius 1 is 0.755 bits per heavy atom. The predicted octanol–water partition coefficient (Wildman–Crippen LogP) is 3.14. The number of amides is 2. The van der Waals surface area contributed by atoms with Gasteiger partial charge in [0, 0.05) is 37.9 Å². The maximum atomic E-state index is 12.6. The van der Waals surface area contributed by atoms with Crippen molar-refractivity contribution in [1.29, 1.82) is 0 Å². The van der Waals surface area contributed by atoms with Gasteiger partial charge in [-0.25, -0.2) is 4.79 Å². The van der Waals surface area contributed by atoms with Gasteiger partial charge in [-0.3, -0.25) is 63.9 Å². The second-order valence-electron chi connectivity index (χ2n) is 11.0. The van der Waals surface area contributed by atoms with E-state index < -0.39 is 24.0 Å². The van der Waals surface area contributed by atoms with E-state index in [1.807, 2.05) is 0 Å². The highest BCUT2D eigenvalue weighted by molar-refractivity contribution is 9.11. The number of anilines is 2. The topological polar surface area (TPSA) is 198 Å². The van der Waals surface area contributed by atoms with Crippen molar-refractivity contribution in [1.82, 2.24) is 29.7 Å². The van der Waals surface area contributed by atoms with E-state index >= 15 is 0 Å². The van der Waals surface area contributed by atoms with Gasteiger partial charge in [-0.2, -0.15) is 0 Å². The molecule has 0 saturated carbocycles. The van der Waals surface area contributed by atoms with E-state index in [1.165, 1.54) is 4.90 Å². The van der Waals surface area contributed by atoms with Crippen LogP contribution < -0.4 is 9.80 Å². The summed E-state index contributed by atoms with van der Waals surface area (Å²) in [6.45, 7) is 1.94. The van der Waals surface area contributed by atoms with Crippen molar-refractivity contribution in [3.05, 3.63) is 58.0 Å². The molecule has 0 spiro atoms. The second kappa shape index (κ2) is 13.4. The van der Waals surface area contributed by atoms with Crippen LogP contribution in [0.4, 0.5) is 11.4 Å². The van der Waals surface area contributed by atoms with Crippen LogP contribution in [0, 0.1) is 0 Å². The summed E-state index contributed by atoms with van der Waals surface area (Å²) in [4.78, 5) is 79.9. The van der Waals surface area contributed by atoms with Gasteiger partial charge >= 0.3 is 11.9 Å². The summed E-state index contributed by atoms with van der Waals surface area (Å²) in [6.07, 6.45) is 5.96. The molecule has 18 heteroatoms. The number of nitrogens with zero attached hydrogens (tertiary/aromatic N) is 10. The minimum absolute atomic E-state index is 0. The number of aliphatic imine (C=N–C) groups is 2. The molecular formula is C31H28Br2N10O6. The zero-order valence-electron chi connectivity index (χ0n) is 24.8. The third kappa shape index (κ3) is 5.83. The van der Waals surface area contributed by atoms with Gasteiger partial charge < -0.3 is 10.2 Å². The molecule has 2 amide bonds. The summed E-state index contributed by atoms with van der Waals surface area (Å²) in [5.41, 5.74) is 3.94. The van der Waals surface area contributed by atoms with Crippen LogP contribution in [-0.2, 0) is 19.2 Å². The molecule has 49 heavy (non-hydrogen) atoms. The number of carboxylic acid groups (broad SMARTS) is 2. The standard InChI is InChI=1S/2C15H12BrN5O3.CH4/c16-12-9(2-1-8-13(12)18-4-3-17-8)21-10(7-11(22)23)14(24)20-6-5-19-15(20)21;16-12-9(2-1-8-13(12)18-4-3-17-8)21-10(14(23)24)7-11(22)20-6-5-19-15(20)21;/h1-4,10H,5-7H2,(H,22,23);1-4,10H,5-7H2,(H,23,24);1H4. The van der Waals surface area contributed by atoms with Crippen LogP contribution in [0.1, 0.15) is 20.3 Å². The van der Waals surface area contributed by atoms with Crippen LogP contribution in [0.5, 0.6) is 0 Å². The minimum Gasteiger partial charge on any atom is -0.481 e. The number of rotatable bonds is 5. The van der Waals surface area contributed by atoms with Gasteiger partial charge in [-0.1, -0.05) is 7.43 Å². The summed E-state index contributed by atoms with van der Waals surface area (Å²) < 4.78 is 1.29. The Kier molecular flexibility index (Phi) is 9.26. The summed E-state index contributed by atoms with van der Waals surface area (Å²) in [5, 5.41) is 18.8. The van der Waals surface area contributed by atoms with E-state index in [2.05, 4.69) is 61.8 Å². The van der Waals surface area contributed by atoms with Crippen molar-refractivity contribution in [3.63, 3.8) is 0 Å². The summed E-state index contributed by atoms with van der Waals surface area (Å²) >= 11 is 7.04. The number of halogens is 2. The molecule has 0 radical (unpaired) electrons. The zero-order valence-corrected chi connectivity index (χ0v) is 27.9. The number of carbonyl (C=O) groups is 4. The van der Waals surface area contributed by atoms with Gasteiger partial charge in [-0.05, 0) is 56.1 Å². The molecule has 4 aromatic rings. The third-order valence-electron chi connectivity index (χ3n) is 8.20. The summed E-state index contributed by atoms with van der Waals surface area (Å²) in [7, 11) is 0. The number of guanidine groups is 2. The van der Waals surface area contributed by atoms with Gasteiger partial charge in [0.05, 0.1) is 57.3 Å². The van der Waals surface area contributed by atoms with Crippen molar-refractivity contribution >= 4 is 101 Å². The number of benzene rings is 2. The first-order valence-corrected chi connectivity index (χ1v) is 16.3. The molecule has 0 aliphatic carbocycles. The van der Waals surface area contributed by atoms with Crippen molar-refractivity contribution in [2.75, 3.05) is 36.0 Å². The number of fused-ring (bicyclic) bond motifs is 4. The highest BCUT2D eigenvalue weighted by Gasteiger charge is 2.47. The summed E-state index contributed by atoms with van der Waals surface area (Å²) in [5.74, 6) is -1.68. The normalized spacial score (nSPS) is 19.6. The molecule has 4 aliphatic heterocycles. The number of carboxylic acids is 2. The largest absolute Gasteiger partial charge is 0.481 e. The quantitative estimate of drug-likeness (QED) is 0.300. The monoisotopic (exact) mass is 794 g/mol. The molecule has 252 valence electrons. The molecule has 2 unspecified atom stereocenters. The van der Waals surface area contributed by atoms with Gasteiger partial charge in [0.15, 0.2) is 0 Å². The SMILES string of the molecule is C.O=C(O)C1CC(=O)N2CCN=C2N1c1ccc2nccnc2c1Br.O=C(O)CC1C(=O)N2CCN=C2N1c1ccc2nccnc2c1Br. The van der Waals surface area contributed by atoms with Crippen LogP contribution in [-0.4, -0.2) is 114 Å². The van der Waals surface area contributed by atoms with Crippen LogP contribution in [0.25, 0.3) is 22.1 Å². The van der Waals surface area contributed by atoms with Gasteiger partial charge in [0.1, 0.15) is 23.1 Å². The number of aliphatic carboxylic acids is 2. The van der Waals surface area contributed by atoms with Gasteiger partial charge in [0.2, 0.25) is 17.8 Å². The second-order valence-corrected chi connectivity index (χ2v) is 12.5. The fourth-order valence-electron chi connectivity index (χ4n) is 6.11. The molecule has 6 heterocycles. The molecule has 2 atom stereocenters. The minimum atomic E-state index is -1.07. The van der Waals surface area contributed by atoms with E-state index in [0.717, 1.165) is 0 Å². The van der Waals surface area contributed by atoms with Crippen molar-refractivity contribution in [2.45, 2.75) is 32.4 Å². The Bertz CT molecular complexity index is 2090. The van der Waals surface area contributed by atoms with Gasteiger partial charge in [-0.15, -0.1) is 0 Å². The maximum Gasteiger partial charge on any atom is 0.327 e. The first-order chi connectivity index (χ1) is 23.2. The van der Waals surface area contributed by atoms with Crippen LogP contribution in [0.2, 0.25) is 0 Å². The molecule has 8 rings (SSSR count). The fourth-order valence-corrected chi connectivity index (χ4v) is 7.37.